The largest absolute Gasteiger partial charge is 0.417 e. The molecule has 1 aromatic rings. The van der Waals surface area contributed by atoms with E-state index in [1.54, 1.807) is 4.90 Å². The van der Waals surface area contributed by atoms with Crippen molar-refractivity contribution < 1.29 is 18.0 Å². The molecule has 2 aliphatic heterocycles. The number of nitrogens with one attached hydrogen (secondary N) is 1. The molecule has 0 saturated carbocycles. The molecular weight excluding hydrogens is 343 g/mol. The fraction of sp³-hybridized carbons (Fsp3) is 0.684. The first kappa shape index (κ1) is 19.1. The van der Waals surface area contributed by atoms with Gasteiger partial charge in [0.15, 0.2) is 0 Å². The number of rotatable bonds is 3. The molecule has 0 unspecified atom stereocenters. The topological polar surface area (TPSA) is 45.2 Å². The Morgan fingerprint density at radius 3 is 2.65 bits per heavy atom. The van der Waals surface area contributed by atoms with E-state index in [0.717, 1.165) is 44.6 Å². The van der Waals surface area contributed by atoms with E-state index in [0.29, 0.717) is 30.1 Å². The molecule has 2 aliphatic rings. The Labute approximate surface area is 152 Å². The molecule has 3 rings (SSSR count). The summed E-state index contributed by atoms with van der Waals surface area (Å²) in [6, 6.07) is 1.15. The number of halogens is 3. The number of nitrogens with zero attached hydrogens (tertiary/aromatic N) is 2. The molecule has 0 aromatic carbocycles. The Balaban J connectivity index is 1.83. The van der Waals surface area contributed by atoms with E-state index < -0.39 is 17.2 Å². The van der Waals surface area contributed by atoms with Crippen LogP contribution in [0.3, 0.4) is 0 Å². The third kappa shape index (κ3) is 3.87. The zero-order valence-corrected chi connectivity index (χ0v) is 15.3. The number of carbonyl (C=O) groups excluding carboxylic acids is 1. The summed E-state index contributed by atoms with van der Waals surface area (Å²) in [4.78, 5) is 19.1. The number of amides is 1. The minimum Gasteiger partial charge on any atom is -0.337 e. The molecule has 4 nitrogen and oxygen atoms in total. The fourth-order valence-electron chi connectivity index (χ4n) is 4.28. The van der Waals surface area contributed by atoms with Gasteiger partial charge in [0.05, 0.1) is 11.0 Å². The van der Waals surface area contributed by atoms with Gasteiger partial charge in [-0.05, 0) is 49.9 Å². The monoisotopic (exact) mass is 369 g/mol. The highest BCUT2D eigenvalue weighted by molar-refractivity contribution is 5.83. The summed E-state index contributed by atoms with van der Waals surface area (Å²) in [7, 11) is 0. The van der Waals surface area contributed by atoms with Crippen LogP contribution in [0.5, 0.6) is 0 Å². The molecule has 0 spiro atoms. The summed E-state index contributed by atoms with van der Waals surface area (Å²) in [6.07, 6.45) is -0.624. The van der Waals surface area contributed by atoms with E-state index in [1.165, 1.54) is 0 Å². The molecule has 26 heavy (non-hydrogen) atoms. The van der Waals surface area contributed by atoms with Crippen molar-refractivity contribution in [3.8, 4) is 0 Å². The smallest absolute Gasteiger partial charge is 0.337 e. The minimum absolute atomic E-state index is 0.0933. The Hall–Kier alpha value is -1.63. The number of fused-ring (bicyclic) bond motifs is 1. The second-order valence-corrected chi connectivity index (χ2v) is 7.93. The van der Waals surface area contributed by atoms with Crippen LogP contribution >= 0.6 is 0 Å². The molecule has 1 amide bonds. The van der Waals surface area contributed by atoms with Crippen LogP contribution in [0.15, 0.2) is 12.3 Å². The van der Waals surface area contributed by atoms with E-state index in [4.69, 9.17) is 0 Å². The summed E-state index contributed by atoms with van der Waals surface area (Å²) < 4.78 is 38.9. The van der Waals surface area contributed by atoms with Crippen molar-refractivity contribution in [3.63, 3.8) is 0 Å². The molecule has 1 saturated heterocycles. The molecule has 0 radical (unpaired) electrons. The maximum absolute atomic E-state index is 13.4. The maximum atomic E-state index is 13.4. The van der Waals surface area contributed by atoms with Crippen molar-refractivity contribution in [2.45, 2.75) is 52.3 Å². The van der Waals surface area contributed by atoms with Crippen LogP contribution < -0.4 is 5.32 Å². The van der Waals surface area contributed by atoms with E-state index in [-0.39, 0.29) is 12.5 Å². The first-order valence-corrected chi connectivity index (χ1v) is 9.26. The van der Waals surface area contributed by atoms with Gasteiger partial charge in [0.1, 0.15) is 0 Å². The standard InChI is InChI=1S/C19H26F3N3O/c1-13(2)10-18(4-6-23-7-5-18)17(26)25-8-3-16-14(12-25)9-15(11-24-16)19(20,21)22/h9,11,13,23H,3-8,10,12H2,1-2H3. The number of piperidine rings is 1. The Bertz CT molecular complexity index is 666. The fourth-order valence-corrected chi connectivity index (χ4v) is 4.28. The SMILES string of the molecule is CC(C)CC1(C(=O)N2CCc3ncc(C(F)(F)F)cc3C2)CCNCC1. The van der Waals surface area contributed by atoms with Crippen LogP contribution in [-0.2, 0) is 23.9 Å². The highest BCUT2D eigenvalue weighted by Gasteiger charge is 2.43. The summed E-state index contributed by atoms with van der Waals surface area (Å²) in [5.74, 6) is 0.489. The number of pyridine rings is 1. The van der Waals surface area contributed by atoms with E-state index in [2.05, 4.69) is 24.1 Å². The second-order valence-electron chi connectivity index (χ2n) is 7.93. The van der Waals surface area contributed by atoms with Crippen molar-refractivity contribution in [3.05, 3.63) is 29.1 Å². The lowest BCUT2D eigenvalue weighted by Crippen LogP contribution is -2.51. The molecule has 1 aromatic heterocycles. The van der Waals surface area contributed by atoms with Crippen molar-refractivity contribution in [1.29, 1.82) is 0 Å². The Morgan fingerprint density at radius 2 is 2.04 bits per heavy atom. The zero-order chi connectivity index (χ0) is 18.9. The highest BCUT2D eigenvalue weighted by Crippen LogP contribution is 2.39. The summed E-state index contributed by atoms with van der Waals surface area (Å²) in [6.45, 7) is 6.59. The number of aromatic nitrogens is 1. The first-order chi connectivity index (χ1) is 12.2. The van der Waals surface area contributed by atoms with Gasteiger partial charge < -0.3 is 10.2 Å². The van der Waals surface area contributed by atoms with Crippen LogP contribution in [0.25, 0.3) is 0 Å². The van der Waals surface area contributed by atoms with Crippen LogP contribution in [0.2, 0.25) is 0 Å². The molecule has 0 aliphatic carbocycles. The average molecular weight is 369 g/mol. The molecule has 7 heteroatoms. The first-order valence-electron chi connectivity index (χ1n) is 9.26. The van der Waals surface area contributed by atoms with Gasteiger partial charge in [-0.2, -0.15) is 13.2 Å². The average Bonchev–Trinajstić information content (AvgIpc) is 2.59. The summed E-state index contributed by atoms with van der Waals surface area (Å²) in [5.41, 5.74) is 0.0500. The van der Waals surface area contributed by atoms with Crippen LogP contribution in [0, 0.1) is 11.3 Å². The van der Waals surface area contributed by atoms with Gasteiger partial charge in [0.2, 0.25) is 5.91 Å². The van der Waals surface area contributed by atoms with Gasteiger partial charge in [-0.25, -0.2) is 0 Å². The molecule has 144 valence electrons. The predicted octanol–water partition coefficient (Wildman–Crippen LogP) is 3.40. The van der Waals surface area contributed by atoms with Crippen LogP contribution in [0.4, 0.5) is 13.2 Å². The van der Waals surface area contributed by atoms with Gasteiger partial charge in [-0.1, -0.05) is 13.8 Å². The number of alkyl halides is 3. The van der Waals surface area contributed by atoms with Gasteiger partial charge in [0.25, 0.3) is 0 Å². The van der Waals surface area contributed by atoms with Crippen molar-refractivity contribution in [1.82, 2.24) is 15.2 Å². The lowest BCUT2D eigenvalue weighted by atomic mass is 9.71. The quantitative estimate of drug-likeness (QED) is 0.888. The van der Waals surface area contributed by atoms with E-state index in [9.17, 15) is 18.0 Å². The number of carbonyl (C=O) groups is 1. The molecule has 3 heterocycles. The van der Waals surface area contributed by atoms with Crippen molar-refractivity contribution in [2.24, 2.45) is 11.3 Å². The van der Waals surface area contributed by atoms with Crippen molar-refractivity contribution >= 4 is 5.91 Å². The summed E-state index contributed by atoms with van der Waals surface area (Å²) in [5, 5.41) is 3.30. The van der Waals surface area contributed by atoms with E-state index >= 15 is 0 Å². The van der Waals surface area contributed by atoms with Gasteiger partial charge in [-0.3, -0.25) is 9.78 Å². The molecule has 1 N–H and O–H groups in total. The molecule has 0 atom stereocenters. The number of hydrogen-bond donors (Lipinski definition) is 1. The molecular formula is C19H26F3N3O. The van der Waals surface area contributed by atoms with Crippen LogP contribution in [0.1, 0.15) is 49.9 Å². The normalized spacial score (nSPS) is 20.2. The predicted molar refractivity (Wildman–Crippen MR) is 92.4 cm³/mol. The van der Waals surface area contributed by atoms with Crippen LogP contribution in [-0.4, -0.2) is 35.4 Å². The summed E-state index contributed by atoms with van der Waals surface area (Å²) >= 11 is 0. The van der Waals surface area contributed by atoms with Gasteiger partial charge in [-0.15, -0.1) is 0 Å². The minimum atomic E-state index is -4.41. The third-order valence-electron chi connectivity index (χ3n) is 5.47. The lowest BCUT2D eigenvalue weighted by molar-refractivity contribution is -0.146. The van der Waals surface area contributed by atoms with Gasteiger partial charge >= 0.3 is 6.18 Å². The van der Waals surface area contributed by atoms with Gasteiger partial charge in [0, 0.05) is 31.4 Å². The molecule has 1 fully saturated rings. The van der Waals surface area contributed by atoms with Crippen molar-refractivity contribution in [2.75, 3.05) is 19.6 Å². The third-order valence-corrected chi connectivity index (χ3v) is 5.47. The Kier molecular flexibility index (Phi) is 5.28. The van der Waals surface area contributed by atoms with E-state index in [1.807, 2.05) is 0 Å². The Morgan fingerprint density at radius 1 is 1.35 bits per heavy atom. The number of hydrogen-bond acceptors (Lipinski definition) is 3. The second kappa shape index (κ2) is 7.18. The molecule has 0 bridgehead atoms. The lowest BCUT2D eigenvalue weighted by Gasteiger charge is -2.42. The maximum Gasteiger partial charge on any atom is 0.417 e. The zero-order valence-electron chi connectivity index (χ0n) is 15.3. The highest BCUT2D eigenvalue weighted by atomic mass is 19.4.